The predicted molar refractivity (Wildman–Crippen MR) is 256 cm³/mol. The molecule has 3 aromatic rings. The van der Waals surface area contributed by atoms with Crippen molar-refractivity contribution in [1.82, 2.24) is 47.1 Å². The van der Waals surface area contributed by atoms with E-state index < -0.39 is 96.4 Å². The molecule has 1 saturated carbocycles. The van der Waals surface area contributed by atoms with E-state index in [1.165, 1.54) is 12.0 Å². The molecule has 22 heteroatoms. The van der Waals surface area contributed by atoms with Crippen molar-refractivity contribution in [2.24, 2.45) is 11.7 Å². The summed E-state index contributed by atoms with van der Waals surface area (Å²) in [6.45, 7) is -0.674. The molecular weight excluding hydrogens is 907 g/mol. The van der Waals surface area contributed by atoms with Gasteiger partial charge in [-0.1, -0.05) is 30.3 Å². The van der Waals surface area contributed by atoms with Gasteiger partial charge in [0.15, 0.2) is 5.96 Å². The van der Waals surface area contributed by atoms with Crippen molar-refractivity contribution < 1.29 is 53.6 Å². The number of guanidine groups is 1. The highest BCUT2D eigenvalue weighted by Crippen LogP contribution is 2.29. The second kappa shape index (κ2) is 25.2. The lowest BCUT2D eigenvalue weighted by Crippen LogP contribution is -2.60. The summed E-state index contributed by atoms with van der Waals surface area (Å²) in [5, 5.41) is 58.6. The van der Waals surface area contributed by atoms with Gasteiger partial charge in [0.2, 0.25) is 35.4 Å². The minimum Gasteiger partial charge on any atom is -0.497 e. The zero-order valence-corrected chi connectivity index (χ0v) is 39.3. The van der Waals surface area contributed by atoms with Crippen LogP contribution in [0.3, 0.4) is 0 Å². The molecule has 1 aliphatic carbocycles. The number of hydrogen-bond donors (Lipinski definition) is 13. The number of aromatic amines is 1. The number of amides is 6. The number of carboxylic acid groups (broad SMARTS) is 1. The molecule has 2 aromatic carbocycles. The molecule has 3 aliphatic rings. The van der Waals surface area contributed by atoms with Crippen LogP contribution in [0, 0.1) is 11.3 Å². The first kappa shape index (κ1) is 52.6. The largest absolute Gasteiger partial charge is 0.497 e. The van der Waals surface area contributed by atoms with Gasteiger partial charge in [-0.2, -0.15) is 0 Å². The molecule has 70 heavy (non-hydrogen) atoms. The molecule has 2 aliphatic heterocycles. The van der Waals surface area contributed by atoms with Crippen LogP contribution in [0.5, 0.6) is 5.75 Å². The number of fused-ring (bicyclic) bond motifs is 2. The number of carbonyl (C=O) groups is 7. The third kappa shape index (κ3) is 14.9. The Bertz CT molecular complexity index is 2320. The van der Waals surface area contributed by atoms with Gasteiger partial charge in [0.05, 0.1) is 31.9 Å². The number of aliphatic carboxylic acids is 1. The molecule has 22 nitrogen and oxygen atoms in total. The lowest BCUT2D eigenvalue weighted by Gasteiger charge is -2.33. The third-order valence-corrected chi connectivity index (χ3v) is 13.2. The number of benzene rings is 2. The van der Waals surface area contributed by atoms with Crippen molar-refractivity contribution >= 4 is 58.3 Å². The van der Waals surface area contributed by atoms with Crippen LogP contribution in [0.1, 0.15) is 75.3 Å². The Kier molecular flexibility index (Phi) is 18.9. The minimum atomic E-state index is -1.32. The average Bonchev–Trinajstić information content (AvgIpc) is 3.94. The fourth-order valence-electron chi connectivity index (χ4n) is 9.43. The van der Waals surface area contributed by atoms with Crippen LogP contribution in [0.2, 0.25) is 0 Å². The molecule has 0 radical (unpaired) electrons. The number of carboxylic acids is 1. The van der Waals surface area contributed by atoms with Crippen molar-refractivity contribution in [3.63, 3.8) is 0 Å². The van der Waals surface area contributed by atoms with Crippen LogP contribution in [0.4, 0.5) is 0 Å². The number of aromatic nitrogens is 1. The van der Waals surface area contributed by atoms with Crippen LogP contribution in [0.15, 0.2) is 54.7 Å². The lowest BCUT2D eigenvalue weighted by molar-refractivity contribution is -0.143. The van der Waals surface area contributed by atoms with Gasteiger partial charge >= 0.3 is 5.97 Å². The number of ether oxygens (including phenoxy) is 1. The molecule has 14 N–H and O–H groups in total. The summed E-state index contributed by atoms with van der Waals surface area (Å²) in [6.07, 6.45) is 2.47. The van der Waals surface area contributed by atoms with Gasteiger partial charge in [-0.3, -0.25) is 44.3 Å². The number of rotatable bonds is 16. The van der Waals surface area contributed by atoms with Crippen molar-refractivity contribution in [2.45, 2.75) is 126 Å². The molecule has 6 rings (SSSR count). The maximum Gasteiger partial charge on any atom is 0.317 e. The number of aliphatic hydroxyl groups is 2. The number of carbonyl (C=O) groups excluding carboxylic acids is 6. The van der Waals surface area contributed by atoms with E-state index in [-0.39, 0.29) is 82.9 Å². The van der Waals surface area contributed by atoms with E-state index in [0.717, 1.165) is 10.9 Å². The Labute approximate surface area is 405 Å². The van der Waals surface area contributed by atoms with E-state index in [1.54, 1.807) is 48.7 Å². The highest BCUT2D eigenvalue weighted by Gasteiger charge is 2.43. The standard InChI is InChI=1S/C48H67N11O11/c1-70-32-15-16-34-33(23-32)29(24-53-34)21-39-45(67)55-35(9-5-18-52-48(49)50)42(64)51-17-6-10-36(56-43(65)37(54-25-41(62)63)19-27-7-3-2-4-8-27)47(69)59-26-31(61)22-40(59)46(68)58-38(44(66)57-39)20-28-11-13-30(60)14-12-28/h2-4,7-8,15-16,23-24,28,30-31,35-40,53-54,60-61H,5-6,9-14,17-22,25-26H2,1H3,(H,51,64)(H,55,67)(H,56,65)(H,57,66)(H,58,68)(H,62,63)(H4,49,50,52)/t28-,30+,31-,35+,36+,37+,38-,39+,40+/m1/s1. The zero-order valence-electron chi connectivity index (χ0n) is 39.3. The molecule has 3 fully saturated rings. The molecule has 0 unspecified atom stereocenters. The van der Waals surface area contributed by atoms with E-state index in [1.807, 2.05) is 6.07 Å². The predicted octanol–water partition coefficient (Wildman–Crippen LogP) is -0.980. The quantitative estimate of drug-likeness (QED) is 0.0467. The molecule has 1 aromatic heterocycles. The molecule has 0 bridgehead atoms. The van der Waals surface area contributed by atoms with Gasteiger partial charge in [-0.15, -0.1) is 0 Å². The first-order valence-corrected chi connectivity index (χ1v) is 23.9. The first-order chi connectivity index (χ1) is 33.6. The van der Waals surface area contributed by atoms with Gasteiger partial charge in [-0.05, 0) is 99.5 Å². The van der Waals surface area contributed by atoms with Gasteiger partial charge in [0, 0.05) is 49.6 Å². The van der Waals surface area contributed by atoms with Crippen molar-refractivity contribution in [1.29, 1.82) is 5.41 Å². The van der Waals surface area contributed by atoms with Crippen molar-refractivity contribution in [3.05, 3.63) is 65.9 Å². The molecular formula is C48H67N11O11. The molecule has 3 heterocycles. The number of nitrogens with one attached hydrogen (secondary N) is 9. The van der Waals surface area contributed by atoms with Crippen LogP contribution < -0.4 is 47.7 Å². The second-order valence-electron chi connectivity index (χ2n) is 18.4. The normalized spacial score (nSPS) is 25.5. The van der Waals surface area contributed by atoms with Crippen LogP contribution in [0.25, 0.3) is 10.9 Å². The summed E-state index contributed by atoms with van der Waals surface area (Å²) in [4.78, 5) is 103. The summed E-state index contributed by atoms with van der Waals surface area (Å²) < 4.78 is 5.46. The Morgan fingerprint density at radius 2 is 1.61 bits per heavy atom. The van der Waals surface area contributed by atoms with Crippen molar-refractivity contribution in [2.75, 3.05) is 33.3 Å². The third-order valence-electron chi connectivity index (χ3n) is 13.2. The number of methoxy groups -OCH3 is 1. The fourth-order valence-corrected chi connectivity index (χ4v) is 9.43. The minimum absolute atomic E-state index is 0.0367. The second-order valence-corrected chi connectivity index (χ2v) is 18.4. The highest BCUT2D eigenvalue weighted by molar-refractivity contribution is 5.97. The number of H-pyrrole nitrogens is 1. The van der Waals surface area contributed by atoms with Crippen molar-refractivity contribution in [3.8, 4) is 5.75 Å². The summed E-state index contributed by atoms with van der Waals surface area (Å²) in [5.41, 5.74) is 7.59. The maximum atomic E-state index is 14.7. The van der Waals surface area contributed by atoms with Crippen LogP contribution >= 0.6 is 0 Å². The van der Waals surface area contributed by atoms with Gasteiger partial charge in [-0.25, -0.2) is 0 Å². The molecule has 6 amide bonds. The number of nitrogens with two attached hydrogens (primary N) is 1. The molecule has 380 valence electrons. The average molecular weight is 974 g/mol. The number of hydrogen-bond acceptors (Lipinski definition) is 12. The Balaban J connectivity index is 1.34. The number of nitrogens with zero attached hydrogens (tertiary/aromatic N) is 1. The Morgan fingerprint density at radius 3 is 2.33 bits per heavy atom. The molecule has 0 spiro atoms. The van der Waals surface area contributed by atoms with Gasteiger partial charge in [0.1, 0.15) is 36.0 Å². The van der Waals surface area contributed by atoms with Gasteiger partial charge in [0.25, 0.3) is 0 Å². The van der Waals surface area contributed by atoms with E-state index in [9.17, 15) is 48.9 Å². The zero-order chi connectivity index (χ0) is 50.3. The lowest BCUT2D eigenvalue weighted by atomic mass is 9.83. The van der Waals surface area contributed by atoms with E-state index in [2.05, 4.69) is 42.2 Å². The SMILES string of the molecule is COc1ccc2[nH]cc(C[C@@H]3NC(=O)[C@@H](C[C@H]4CC[C@@H](O)CC4)NC(=O)[C@@H]4C[C@@H](O)CN4C(=O)[C@@H](NC(=O)[C@H](Cc4ccccc4)NCC(=O)O)CCCNC(=O)[C@H](CCCNC(=N)N)NC3=O)c2c1. The van der Waals surface area contributed by atoms with Crippen LogP contribution in [-0.4, -0.2) is 154 Å². The van der Waals surface area contributed by atoms with Gasteiger partial charge < -0.3 is 67.6 Å². The summed E-state index contributed by atoms with van der Waals surface area (Å²) in [7, 11) is 1.52. The smallest absolute Gasteiger partial charge is 0.317 e. The molecule has 2 saturated heterocycles. The summed E-state index contributed by atoms with van der Waals surface area (Å²) in [6, 6.07) is 6.82. The van der Waals surface area contributed by atoms with E-state index in [0.29, 0.717) is 42.6 Å². The topological polar surface area (TPSA) is 343 Å². The summed E-state index contributed by atoms with van der Waals surface area (Å²) in [5.74, 6) is -5.21. The number of aliphatic hydroxyl groups excluding tert-OH is 2. The highest BCUT2D eigenvalue weighted by atomic mass is 16.5. The fraction of sp³-hybridized carbons (Fsp3) is 0.542. The van der Waals surface area contributed by atoms with Crippen LogP contribution in [-0.2, 0) is 46.4 Å². The Hall–Kier alpha value is -6.78. The van der Waals surface area contributed by atoms with E-state index >= 15 is 0 Å². The maximum absolute atomic E-state index is 14.7. The molecule has 7 atom stereocenters. The Morgan fingerprint density at radius 1 is 0.900 bits per heavy atom. The summed E-state index contributed by atoms with van der Waals surface area (Å²) >= 11 is 0. The first-order valence-electron chi connectivity index (χ1n) is 23.9. The van der Waals surface area contributed by atoms with E-state index in [4.69, 9.17) is 15.9 Å². The monoisotopic (exact) mass is 974 g/mol.